The zero-order chi connectivity index (χ0) is 16.9. The molecular formula is C19H23NO4. The van der Waals surface area contributed by atoms with Crippen molar-refractivity contribution in [1.29, 1.82) is 0 Å². The van der Waals surface area contributed by atoms with Crippen LogP contribution in [-0.4, -0.2) is 36.4 Å². The van der Waals surface area contributed by atoms with E-state index in [1.807, 2.05) is 12.1 Å². The van der Waals surface area contributed by atoms with Crippen LogP contribution in [0.4, 0.5) is 0 Å². The predicted octanol–water partition coefficient (Wildman–Crippen LogP) is 3.01. The second-order valence-electron chi connectivity index (χ2n) is 6.42. The van der Waals surface area contributed by atoms with E-state index in [9.17, 15) is 9.59 Å². The Morgan fingerprint density at radius 1 is 1.21 bits per heavy atom. The smallest absolute Gasteiger partial charge is 0.336 e. The molecule has 2 aromatic rings. The van der Waals surface area contributed by atoms with Gasteiger partial charge in [-0.15, -0.1) is 0 Å². The third-order valence-electron chi connectivity index (χ3n) is 4.47. The van der Waals surface area contributed by atoms with Crippen molar-refractivity contribution in [3.63, 3.8) is 0 Å². The standard InChI is InChI=1S/C19H23NO4/c1-14(21)11-16(20-9-3-2-4-10-20)13-23-17-7-5-15-6-8-19(22)24-18(15)12-17/h5-8,12,16H,2-4,9-11,13H2,1H3. The molecule has 1 aromatic heterocycles. The summed E-state index contributed by atoms with van der Waals surface area (Å²) in [6, 6.07) is 8.70. The van der Waals surface area contributed by atoms with Crippen LogP contribution in [0, 0.1) is 0 Å². The average molecular weight is 329 g/mol. The fraction of sp³-hybridized carbons (Fsp3) is 0.474. The predicted molar refractivity (Wildman–Crippen MR) is 92.5 cm³/mol. The van der Waals surface area contributed by atoms with Crippen molar-refractivity contribution in [3.05, 3.63) is 40.8 Å². The van der Waals surface area contributed by atoms with Gasteiger partial charge in [0.2, 0.25) is 0 Å². The molecule has 0 amide bonds. The summed E-state index contributed by atoms with van der Waals surface area (Å²) in [5.74, 6) is 0.834. The zero-order valence-electron chi connectivity index (χ0n) is 14.0. The Bertz CT molecular complexity index is 761. The molecule has 128 valence electrons. The molecule has 0 radical (unpaired) electrons. The average Bonchev–Trinajstić information content (AvgIpc) is 2.58. The van der Waals surface area contributed by atoms with Gasteiger partial charge >= 0.3 is 5.63 Å². The van der Waals surface area contributed by atoms with Gasteiger partial charge in [-0.2, -0.15) is 0 Å². The van der Waals surface area contributed by atoms with E-state index in [1.54, 1.807) is 19.1 Å². The first-order valence-electron chi connectivity index (χ1n) is 8.52. The third-order valence-corrected chi connectivity index (χ3v) is 4.47. The summed E-state index contributed by atoms with van der Waals surface area (Å²) < 4.78 is 11.1. The molecule has 1 atom stereocenters. The van der Waals surface area contributed by atoms with Crippen molar-refractivity contribution in [2.45, 2.75) is 38.6 Å². The van der Waals surface area contributed by atoms with Crippen molar-refractivity contribution in [1.82, 2.24) is 4.90 Å². The Kier molecular flexibility index (Phi) is 5.30. The highest BCUT2D eigenvalue weighted by Gasteiger charge is 2.22. The van der Waals surface area contributed by atoms with E-state index in [0.717, 1.165) is 18.5 Å². The van der Waals surface area contributed by atoms with Crippen molar-refractivity contribution in [2.75, 3.05) is 19.7 Å². The van der Waals surface area contributed by atoms with E-state index >= 15 is 0 Å². The summed E-state index contributed by atoms with van der Waals surface area (Å²) in [6.45, 7) is 4.13. The SMILES string of the molecule is CC(=O)CC(COc1ccc2ccc(=O)oc2c1)N1CCCCC1. The lowest BCUT2D eigenvalue weighted by atomic mass is 10.1. The maximum absolute atomic E-state index is 11.6. The molecule has 1 unspecified atom stereocenters. The normalized spacial score (nSPS) is 16.9. The third kappa shape index (κ3) is 4.23. The highest BCUT2D eigenvalue weighted by molar-refractivity contribution is 5.77. The molecule has 0 spiro atoms. The Morgan fingerprint density at radius 3 is 2.71 bits per heavy atom. The highest BCUT2D eigenvalue weighted by Crippen LogP contribution is 2.21. The van der Waals surface area contributed by atoms with Crippen molar-refractivity contribution < 1.29 is 13.9 Å². The number of piperidine rings is 1. The number of rotatable bonds is 6. The lowest BCUT2D eigenvalue weighted by molar-refractivity contribution is -0.118. The Balaban J connectivity index is 1.71. The molecule has 5 heteroatoms. The Morgan fingerprint density at radius 2 is 1.96 bits per heavy atom. The van der Waals surface area contributed by atoms with Gasteiger partial charge in [0.05, 0.1) is 6.04 Å². The summed E-state index contributed by atoms with van der Waals surface area (Å²) in [5, 5.41) is 0.860. The zero-order valence-corrected chi connectivity index (χ0v) is 14.0. The number of hydrogen-bond donors (Lipinski definition) is 0. The molecule has 0 bridgehead atoms. The van der Waals surface area contributed by atoms with Crippen LogP contribution in [0.3, 0.4) is 0 Å². The lowest BCUT2D eigenvalue weighted by Crippen LogP contribution is -2.43. The summed E-state index contributed by atoms with van der Waals surface area (Å²) in [7, 11) is 0. The molecule has 1 aliphatic heterocycles. The largest absolute Gasteiger partial charge is 0.492 e. The lowest BCUT2D eigenvalue weighted by Gasteiger charge is -2.34. The van der Waals surface area contributed by atoms with Gasteiger partial charge in [0.25, 0.3) is 0 Å². The number of hydrogen-bond acceptors (Lipinski definition) is 5. The Hall–Kier alpha value is -2.14. The molecule has 1 saturated heterocycles. The fourth-order valence-corrected chi connectivity index (χ4v) is 3.23. The molecule has 24 heavy (non-hydrogen) atoms. The van der Waals surface area contributed by atoms with E-state index < -0.39 is 0 Å². The van der Waals surface area contributed by atoms with E-state index in [0.29, 0.717) is 24.4 Å². The van der Waals surface area contributed by atoms with Crippen LogP contribution in [0.5, 0.6) is 5.75 Å². The first-order valence-corrected chi connectivity index (χ1v) is 8.52. The second-order valence-corrected chi connectivity index (χ2v) is 6.42. The molecule has 0 saturated carbocycles. The van der Waals surface area contributed by atoms with Crippen LogP contribution in [0.15, 0.2) is 39.5 Å². The van der Waals surface area contributed by atoms with Gasteiger partial charge in [-0.25, -0.2) is 4.79 Å². The van der Waals surface area contributed by atoms with Crippen LogP contribution >= 0.6 is 0 Å². The number of fused-ring (bicyclic) bond motifs is 1. The minimum atomic E-state index is -0.373. The van der Waals surface area contributed by atoms with Crippen molar-refractivity contribution >= 4 is 16.8 Å². The minimum Gasteiger partial charge on any atom is -0.492 e. The van der Waals surface area contributed by atoms with Crippen LogP contribution in [0.1, 0.15) is 32.6 Å². The molecule has 0 aliphatic carbocycles. The number of benzene rings is 1. The van der Waals surface area contributed by atoms with Crippen LogP contribution in [0.25, 0.3) is 11.0 Å². The molecule has 1 fully saturated rings. The second kappa shape index (κ2) is 7.62. The number of likely N-dealkylation sites (tertiary alicyclic amines) is 1. The molecule has 1 aliphatic rings. The topological polar surface area (TPSA) is 59.8 Å². The molecule has 2 heterocycles. The maximum Gasteiger partial charge on any atom is 0.336 e. The van der Waals surface area contributed by atoms with E-state index in [-0.39, 0.29) is 17.5 Å². The van der Waals surface area contributed by atoms with Crippen molar-refractivity contribution in [2.24, 2.45) is 0 Å². The van der Waals surface area contributed by atoms with E-state index in [2.05, 4.69) is 4.90 Å². The summed E-state index contributed by atoms with van der Waals surface area (Å²) in [4.78, 5) is 25.3. The minimum absolute atomic E-state index is 0.0984. The molecule has 5 nitrogen and oxygen atoms in total. The maximum atomic E-state index is 11.6. The van der Waals surface area contributed by atoms with E-state index in [1.165, 1.54) is 25.3 Å². The number of ether oxygens (including phenoxy) is 1. The van der Waals surface area contributed by atoms with Crippen LogP contribution in [-0.2, 0) is 4.79 Å². The van der Waals surface area contributed by atoms with E-state index in [4.69, 9.17) is 9.15 Å². The number of carbonyl (C=O) groups is 1. The highest BCUT2D eigenvalue weighted by atomic mass is 16.5. The van der Waals surface area contributed by atoms with Gasteiger partial charge in [-0.3, -0.25) is 9.69 Å². The number of Topliss-reactive ketones (excluding diaryl/α,β-unsaturated/α-hetero) is 1. The summed E-state index contributed by atoms with van der Waals surface area (Å²) in [5.41, 5.74) is 0.142. The van der Waals surface area contributed by atoms with Gasteiger partial charge < -0.3 is 9.15 Å². The first kappa shape index (κ1) is 16.7. The quantitative estimate of drug-likeness (QED) is 0.763. The van der Waals surface area contributed by atoms with Crippen molar-refractivity contribution in [3.8, 4) is 5.75 Å². The molecular weight excluding hydrogens is 306 g/mol. The number of carbonyl (C=O) groups excluding carboxylic acids is 1. The monoisotopic (exact) mass is 329 g/mol. The first-order chi connectivity index (χ1) is 11.6. The van der Waals surface area contributed by atoms with Crippen LogP contribution in [0.2, 0.25) is 0 Å². The summed E-state index contributed by atoms with van der Waals surface area (Å²) in [6.07, 6.45) is 4.11. The fourth-order valence-electron chi connectivity index (χ4n) is 3.23. The van der Waals surface area contributed by atoms with Gasteiger partial charge in [0, 0.05) is 23.9 Å². The van der Waals surface area contributed by atoms with Crippen LogP contribution < -0.4 is 10.4 Å². The number of nitrogens with zero attached hydrogens (tertiary/aromatic N) is 1. The van der Waals surface area contributed by atoms with Gasteiger partial charge in [0.15, 0.2) is 0 Å². The van der Waals surface area contributed by atoms with Gasteiger partial charge in [0.1, 0.15) is 23.7 Å². The summed E-state index contributed by atoms with van der Waals surface area (Å²) >= 11 is 0. The van der Waals surface area contributed by atoms with Gasteiger partial charge in [-0.1, -0.05) is 6.42 Å². The Labute approximate surface area is 141 Å². The van der Waals surface area contributed by atoms with Gasteiger partial charge in [-0.05, 0) is 51.1 Å². The number of ketones is 1. The molecule has 1 aromatic carbocycles. The molecule has 3 rings (SSSR count). The molecule has 0 N–H and O–H groups in total.